The number of hydrogen-bond acceptors (Lipinski definition) is 3. The van der Waals surface area contributed by atoms with Gasteiger partial charge in [-0.1, -0.05) is 54.6 Å². The number of aromatic nitrogens is 1. The molecule has 5 nitrogen and oxygen atoms in total. The first kappa shape index (κ1) is 21.9. The fourth-order valence-corrected chi connectivity index (χ4v) is 4.45. The van der Waals surface area contributed by atoms with E-state index in [1.807, 2.05) is 23.1 Å². The summed E-state index contributed by atoms with van der Waals surface area (Å²) in [5.74, 6) is 0.0334. The van der Waals surface area contributed by atoms with Crippen molar-refractivity contribution in [1.82, 2.24) is 14.8 Å². The van der Waals surface area contributed by atoms with E-state index >= 15 is 0 Å². The van der Waals surface area contributed by atoms with Gasteiger partial charge >= 0.3 is 0 Å². The molecule has 1 N–H and O–H groups in total. The molecule has 1 aromatic heterocycles. The molecule has 0 radical (unpaired) electrons. The summed E-state index contributed by atoms with van der Waals surface area (Å²) in [6.07, 6.45) is 2.68. The van der Waals surface area contributed by atoms with Gasteiger partial charge < -0.3 is 9.88 Å². The highest BCUT2D eigenvalue weighted by atomic mass is 35.5. The van der Waals surface area contributed by atoms with Crippen LogP contribution in [0.25, 0.3) is 21.7 Å². The number of nitrogens with zero attached hydrogens (tertiary/aromatic N) is 3. The Hall–Kier alpha value is -3.33. The minimum atomic E-state index is 0. The van der Waals surface area contributed by atoms with Gasteiger partial charge in [-0.05, 0) is 28.8 Å². The zero-order chi connectivity index (χ0) is 21.2. The fourth-order valence-electron chi connectivity index (χ4n) is 4.45. The summed E-state index contributed by atoms with van der Waals surface area (Å²) in [6.45, 7) is 4.20. The SMILES string of the molecule is Cl.N#Cc1c[nH]c2c(C(=O)N3CCN(CCc4ccc5ccccc5c4)CC3)cccc12. The predicted molar refractivity (Wildman–Crippen MR) is 130 cm³/mol. The molecule has 1 amide bonds. The van der Waals surface area contributed by atoms with Crippen molar-refractivity contribution >= 4 is 40.0 Å². The molecule has 0 bridgehead atoms. The molecule has 0 spiro atoms. The van der Waals surface area contributed by atoms with E-state index in [4.69, 9.17) is 0 Å². The zero-order valence-corrected chi connectivity index (χ0v) is 18.6. The van der Waals surface area contributed by atoms with Crippen molar-refractivity contribution in [3.63, 3.8) is 0 Å². The first-order valence-corrected chi connectivity index (χ1v) is 10.7. The standard InChI is InChI=1S/C26H24N4O.ClH/c27-17-22-18-28-25-23(22)6-3-7-24(25)26(31)30-14-12-29(13-15-30)11-10-19-8-9-20-4-1-2-5-21(20)16-19;/h1-9,16,18,28H,10-15H2;1H. The largest absolute Gasteiger partial charge is 0.359 e. The van der Waals surface area contributed by atoms with Crippen molar-refractivity contribution in [1.29, 1.82) is 5.26 Å². The Bertz CT molecular complexity index is 1300. The monoisotopic (exact) mass is 444 g/mol. The van der Waals surface area contributed by atoms with Crippen molar-refractivity contribution in [2.75, 3.05) is 32.7 Å². The molecule has 6 heteroatoms. The summed E-state index contributed by atoms with van der Waals surface area (Å²) in [7, 11) is 0. The number of carbonyl (C=O) groups is 1. The first-order valence-electron chi connectivity index (χ1n) is 10.7. The number of carbonyl (C=O) groups excluding carboxylic acids is 1. The van der Waals surface area contributed by atoms with Crippen molar-refractivity contribution in [2.45, 2.75) is 6.42 Å². The lowest BCUT2D eigenvalue weighted by atomic mass is 10.0. The lowest BCUT2D eigenvalue weighted by Crippen LogP contribution is -2.49. The molecule has 0 saturated carbocycles. The smallest absolute Gasteiger partial charge is 0.256 e. The molecular formula is C26H25ClN4O. The van der Waals surface area contributed by atoms with Crippen LogP contribution in [0.15, 0.2) is 66.9 Å². The third-order valence-electron chi connectivity index (χ3n) is 6.26. The van der Waals surface area contributed by atoms with Crippen molar-refractivity contribution in [2.24, 2.45) is 0 Å². The molecule has 162 valence electrons. The summed E-state index contributed by atoms with van der Waals surface area (Å²) >= 11 is 0. The second-order valence-electron chi connectivity index (χ2n) is 8.11. The number of fused-ring (bicyclic) bond motifs is 2. The number of para-hydroxylation sites is 1. The molecule has 0 aliphatic carbocycles. The Morgan fingerprint density at radius 2 is 1.75 bits per heavy atom. The highest BCUT2D eigenvalue weighted by molar-refractivity contribution is 6.07. The minimum absolute atomic E-state index is 0. The van der Waals surface area contributed by atoms with Gasteiger partial charge in [0, 0.05) is 44.3 Å². The Morgan fingerprint density at radius 1 is 0.969 bits per heavy atom. The number of benzene rings is 3. The lowest BCUT2D eigenvalue weighted by molar-refractivity contribution is 0.0640. The predicted octanol–water partition coefficient (Wildman–Crippen LogP) is 4.62. The molecule has 2 heterocycles. The van der Waals surface area contributed by atoms with Gasteiger partial charge in [-0.25, -0.2) is 0 Å². The summed E-state index contributed by atoms with van der Waals surface area (Å²) in [6, 6.07) is 22.9. The van der Waals surface area contributed by atoms with Crippen LogP contribution in [0.3, 0.4) is 0 Å². The van der Waals surface area contributed by atoms with E-state index in [9.17, 15) is 10.1 Å². The number of H-pyrrole nitrogens is 1. The number of hydrogen-bond donors (Lipinski definition) is 1. The fraction of sp³-hybridized carbons (Fsp3) is 0.231. The molecule has 0 atom stereocenters. The van der Waals surface area contributed by atoms with Crippen LogP contribution in [0.4, 0.5) is 0 Å². The number of nitriles is 1. The van der Waals surface area contributed by atoms with Gasteiger partial charge in [0.1, 0.15) is 6.07 Å². The zero-order valence-electron chi connectivity index (χ0n) is 17.8. The molecule has 3 aromatic carbocycles. The van der Waals surface area contributed by atoms with E-state index in [-0.39, 0.29) is 18.3 Å². The molecule has 0 unspecified atom stereocenters. The van der Waals surface area contributed by atoms with E-state index in [0.717, 1.165) is 50.0 Å². The average molecular weight is 445 g/mol. The third kappa shape index (κ3) is 4.20. The van der Waals surface area contributed by atoms with Crippen molar-refractivity contribution in [3.8, 4) is 6.07 Å². The second-order valence-corrected chi connectivity index (χ2v) is 8.11. The van der Waals surface area contributed by atoms with Crippen LogP contribution in [0.2, 0.25) is 0 Å². The maximum Gasteiger partial charge on any atom is 0.256 e. The molecule has 4 aromatic rings. The molecule has 1 aliphatic rings. The van der Waals surface area contributed by atoms with Crippen LogP contribution < -0.4 is 0 Å². The van der Waals surface area contributed by atoms with E-state index < -0.39 is 0 Å². The van der Waals surface area contributed by atoms with Crippen LogP contribution in [-0.4, -0.2) is 53.4 Å². The molecule has 1 fully saturated rings. The molecular weight excluding hydrogens is 420 g/mol. The van der Waals surface area contributed by atoms with Gasteiger partial charge in [-0.15, -0.1) is 12.4 Å². The summed E-state index contributed by atoms with van der Waals surface area (Å²) in [5.41, 5.74) is 3.32. The van der Waals surface area contributed by atoms with Crippen LogP contribution in [0, 0.1) is 11.3 Å². The number of amides is 1. The average Bonchev–Trinajstić information content (AvgIpc) is 3.26. The Morgan fingerprint density at radius 3 is 2.53 bits per heavy atom. The topological polar surface area (TPSA) is 63.1 Å². The Balaban J connectivity index is 0.00000245. The molecule has 1 saturated heterocycles. The lowest BCUT2D eigenvalue weighted by Gasteiger charge is -2.35. The van der Waals surface area contributed by atoms with E-state index in [1.54, 1.807) is 6.20 Å². The highest BCUT2D eigenvalue weighted by Crippen LogP contribution is 2.23. The van der Waals surface area contributed by atoms with Crippen LogP contribution >= 0.6 is 12.4 Å². The quantitative estimate of drug-likeness (QED) is 0.499. The van der Waals surface area contributed by atoms with Gasteiger partial charge in [-0.2, -0.15) is 5.26 Å². The van der Waals surface area contributed by atoms with Crippen molar-refractivity contribution < 1.29 is 4.79 Å². The van der Waals surface area contributed by atoms with Crippen molar-refractivity contribution in [3.05, 3.63) is 83.6 Å². The molecule has 1 aliphatic heterocycles. The van der Waals surface area contributed by atoms with E-state index in [0.29, 0.717) is 11.1 Å². The number of piperazine rings is 1. The number of nitrogens with one attached hydrogen (secondary N) is 1. The summed E-state index contributed by atoms with van der Waals surface area (Å²) in [4.78, 5) is 20.6. The highest BCUT2D eigenvalue weighted by Gasteiger charge is 2.24. The van der Waals surface area contributed by atoms with Gasteiger partial charge in [-0.3, -0.25) is 9.69 Å². The van der Waals surface area contributed by atoms with Crippen LogP contribution in [0.5, 0.6) is 0 Å². The Kier molecular flexibility index (Phi) is 6.45. The van der Waals surface area contributed by atoms with Crippen LogP contribution in [-0.2, 0) is 6.42 Å². The Labute approximate surface area is 193 Å². The van der Waals surface area contributed by atoms with Gasteiger partial charge in [0.15, 0.2) is 0 Å². The first-order chi connectivity index (χ1) is 15.2. The number of rotatable bonds is 4. The third-order valence-corrected chi connectivity index (χ3v) is 6.26. The summed E-state index contributed by atoms with van der Waals surface area (Å²) < 4.78 is 0. The second kappa shape index (κ2) is 9.44. The van der Waals surface area contributed by atoms with Gasteiger partial charge in [0.05, 0.1) is 16.6 Å². The number of aromatic amines is 1. The van der Waals surface area contributed by atoms with E-state index in [1.165, 1.54) is 16.3 Å². The maximum absolute atomic E-state index is 13.1. The number of halogens is 1. The summed E-state index contributed by atoms with van der Waals surface area (Å²) in [5, 5.41) is 12.6. The van der Waals surface area contributed by atoms with E-state index in [2.05, 4.69) is 58.4 Å². The van der Waals surface area contributed by atoms with Gasteiger partial charge in [0.2, 0.25) is 0 Å². The molecule has 5 rings (SSSR count). The van der Waals surface area contributed by atoms with Crippen LogP contribution in [0.1, 0.15) is 21.5 Å². The minimum Gasteiger partial charge on any atom is -0.359 e. The normalized spacial score (nSPS) is 14.3. The maximum atomic E-state index is 13.1. The van der Waals surface area contributed by atoms with Gasteiger partial charge in [0.25, 0.3) is 5.91 Å². The molecule has 32 heavy (non-hydrogen) atoms.